The van der Waals surface area contributed by atoms with Crippen LogP contribution >= 0.6 is 0 Å². The number of likely N-dealkylation sites (tertiary alicyclic amines) is 1. The Labute approximate surface area is 174 Å². The molecule has 0 spiro atoms. The fourth-order valence-corrected chi connectivity index (χ4v) is 3.78. The molecule has 1 saturated heterocycles. The summed E-state index contributed by atoms with van der Waals surface area (Å²) in [4.78, 5) is 11.9. The van der Waals surface area contributed by atoms with Gasteiger partial charge in [0.2, 0.25) is 0 Å². The number of hydrogen-bond donors (Lipinski definition) is 2. The zero-order chi connectivity index (χ0) is 21.0. The van der Waals surface area contributed by atoms with Crippen LogP contribution in [0.1, 0.15) is 44.6 Å². The van der Waals surface area contributed by atoms with E-state index in [1.807, 2.05) is 30.8 Å². The molecule has 29 heavy (non-hydrogen) atoms. The van der Waals surface area contributed by atoms with Gasteiger partial charge in [-0.15, -0.1) is 0 Å². The lowest BCUT2D eigenvalue weighted by molar-refractivity contribution is 0.265. The molecular weight excluding hydrogens is 362 g/mol. The molecule has 0 amide bonds. The molecule has 1 fully saturated rings. The quantitative estimate of drug-likeness (QED) is 0.579. The Morgan fingerprint density at radius 2 is 2.07 bits per heavy atom. The minimum atomic E-state index is 0.418. The SMILES string of the molecule is CCNC(=NCc1ccc(-n2nc(C)cc2C)nc1)NC1CN(C(C)C)CC1C. The van der Waals surface area contributed by atoms with E-state index in [1.165, 1.54) is 0 Å². The number of aromatic nitrogens is 3. The van der Waals surface area contributed by atoms with E-state index in [0.29, 0.717) is 24.5 Å². The molecule has 158 valence electrons. The maximum absolute atomic E-state index is 4.79. The molecule has 2 N–H and O–H groups in total. The highest BCUT2D eigenvalue weighted by atomic mass is 15.3. The van der Waals surface area contributed by atoms with Crippen LogP contribution in [0.4, 0.5) is 0 Å². The molecular formula is C22H35N7. The summed E-state index contributed by atoms with van der Waals surface area (Å²) in [5.74, 6) is 2.31. The molecule has 1 aliphatic rings. The van der Waals surface area contributed by atoms with Crippen molar-refractivity contribution in [3.63, 3.8) is 0 Å². The highest BCUT2D eigenvalue weighted by molar-refractivity contribution is 5.80. The van der Waals surface area contributed by atoms with Gasteiger partial charge in [0.15, 0.2) is 11.8 Å². The van der Waals surface area contributed by atoms with Crippen LogP contribution in [-0.2, 0) is 6.54 Å². The number of rotatable bonds is 6. The Morgan fingerprint density at radius 1 is 1.28 bits per heavy atom. The second-order valence-corrected chi connectivity index (χ2v) is 8.33. The Hall–Kier alpha value is -2.41. The fourth-order valence-electron chi connectivity index (χ4n) is 3.78. The van der Waals surface area contributed by atoms with Crippen LogP contribution in [-0.4, -0.2) is 57.3 Å². The van der Waals surface area contributed by atoms with Crippen LogP contribution in [0.5, 0.6) is 0 Å². The van der Waals surface area contributed by atoms with Crippen LogP contribution in [0.3, 0.4) is 0 Å². The summed E-state index contributed by atoms with van der Waals surface area (Å²) in [6, 6.07) is 7.13. The summed E-state index contributed by atoms with van der Waals surface area (Å²) in [7, 11) is 0. The van der Waals surface area contributed by atoms with Crippen molar-refractivity contribution in [1.29, 1.82) is 0 Å². The van der Waals surface area contributed by atoms with E-state index in [0.717, 1.165) is 48.4 Å². The van der Waals surface area contributed by atoms with E-state index in [9.17, 15) is 0 Å². The van der Waals surface area contributed by atoms with E-state index in [-0.39, 0.29) is 0 Å². The van der Waals surface area contributed by atoms with Gasteiger partial charge in [-0.25, -0.2) is 14.7 Å². The fraction of sp³-hybridized carbons (Fsp3) is 0.591. The third kappa shape index (κ3) is 5.35. The van der Waals surface area contributed by atoms with Crippen molar-refractivity contribution in [3.05, 3.63) is 41.3 Å². The molecule has 0 aromatic carbocycles. The van der Waals surface area contributed by atoms with Crippen molar-refractivity contribution >= 4 is 5.96 Å². The number of nitrogens with zero attached hydrogens (tertiary/aromatic N) is 5. The first-order valence-corrected chi connectivity index (χ1v) is 10.6. The lowest BCUT2D eigenvalue weighted by Gasteiger charge is -2.22. The largest absolute Gasteiger partial charge is 0.357 e. The molecule has 2 aromatic heterocycles. The zero-order valence-corrected chi connectivity index (χ0v) is 18.6. The Bertz CT molecular complexity index is 822. The number of aliphatic imine (C=N–C) groups is 1. The molecule has 0 saturated carbocycles. The molecule has 7 nitrogen and oxygen atoms in total. The number of hydrogen-bond acceptors (Lipinski definition) is 4. The van der Waals surface area contributed by atoms with Gasteiger partial charge in [0, 0.05) is 43.6 Å². The average molecular weight is 398 g/mol. The molecule has 0 bridgehead atoms. The molecule has 2 atom stereocenters. The van der Waals surface area contributed by atoms with Crippen LogP contribution < -0.4 is 10.6 Å². The summed E-state index contributed by atoms with van der Waals surface area (Å²) in [6.07, 6.45) is 1.89. The van der Waals surface area contributed by atoms with E-state index in [4.69, 9.17) is 4.99 Å². The monoisotopic (exact) mass is 397 g/mol. The summed E-state index contributed by atoms with van der Waals surface area (Å²) in [5, 5.41) is 11.5. The normalized spacial score (nSPS) is 20.4. The summed E-state index contributed by atoms with van der Waals surface area (Å²) in [5.41, 5.74) is 3.16. The van der Waals surface area contributed by atoms with E-state index in [2.05, 4.69) is 65.4 Å². The molecule has 0 radical (unpaired) electrons. The number of guanidine groups is 1. The first kappa shape index (κ1) is 21.3. The molecule has 3 heterocycles. The van der Waals surface area contributed by atoms with Crippen LogP contribution in [0, 0.1) is 19.8 Å². The molecule has 3 rings (SSSR count). The second kappa shape index (κ2) is 9.39. The number of aryl methyl sites for hydroxylation is 2. The van der Waals surface area contributed by atoms with Crippen molar-refractivity contribution in [1.82, 2.24) is 30.3 Å². The molecule has 0 aliphatic carbocycles. The smallest absolute Gasteiger partial charge is 0.191 e. The molecule has 7 heteroatoms. The van der Waals surface area contributed by atoms with Crippen molar-refractivity contribution < 1.29 is 0 Å². The maximum Gasteiger partial charge on any atom is 0.191 e. The van der Waals surface area contributed by atoms with Crippen molar-refractivity contribution in [3.8, 4) is 5.82 Å². The second-order valence-electron chi connectivity index (χ2n) is 8.33. The van der Waals surface area contributed by atoms with Crippen LogP contribution in [0.2, 0.25) is 0 Å². The van der Waals surface area contributed by atoms with Gasteiger partial charge < -0.3 is 10.6 Å². The van der Waals surface area contributed by atoms with Crippen LogP contribution in [0.15, 0.2) is 29.4 Å². The van der Waals surface area contributed by atoms with Crippen molar-refractivity contribution in [2.45, 2.75) is 60.2 Å². The van der Waals surface area contributed by atoms with Gasteiger partial charge in [0.1, 0.15) is 0 Å². The predicted octanol–water partition coefficient (Wildman–Crippen LogP) is 2.67. The highest BCUT2D eigenvalue weighted by Gasteiger charge is 2.31. The third-order valence-electron chi connectivity index (χ3n) is 5.49. The number of pyridine rings is 1. The van der Waals surface area contributed by atoms with Crippen molar-refractivity contribution in [2.75, 3.05) is 19.6 Å². The Morgan fingerprint density at radius 3 is 2.62 bits per heavy atom. The van der Waals surface area contributed by atoms with Gasteiger partial charge in [0.25, 0.3) is 0 Å². The van der Waals surface area contributed by atoms with Gasteiger partial charge in [-0.3, -0.25) is 4.90 Å². The Balaban J connectivity index is 1.65. The van der Waals surface area contributed by atoms with Gasteiger partial charge in [0.05, 0.1) is 12.2 Å². The first-order valence-electron chi connectivity index (χ1n) is 10.6. The minimum absolute atomic E-state index is 0.418. The zero-order valence-electron chi connectivity index (χ0n) is 18.6. The Kier molecular flexibility index (Phi) is 6.90. The van der Waals surface area contributed by atoms with Gasteiger partial charge >= 0.3 is 0 Å². The van der Waals surface area contributed by atoms with Crippen molar-refractivity contribution in [2.24, 2.45) is 10.9 Å². The van der Waals surface area contributed by atoms with Gasteiger partial charge in [-0.05, 0) is 58.2 Å². The topological polar surface area (TPSA) is 70.4 Å². The number of nitrogens with one attached hydrogen (secondary N) is 2. The maximum atomic E-state index is 4.79. The molecule has 1 aliphatic heterocycles. The predicted molar refractivity (Wildman–Crippen MR) is 118 cm³/mol. The third-order valence-corrected chi connectivity index (χ3v) is 5.49. The standard InChI is InChI=1S/C22H35N7/c1-7-23-22(26-20-14-28(15(2)3)13-16(20)4)25-12-19-8-9-21(24-11-19)29-18(6)10-17(5)27-29/h8-11,15-16,20H,7,12-14H2,1-6H3,(H2,23,25,26). The summed E-state index contributed by atoms with van der Waals surface area (Å²) >= 11 is 0. The lowest BCUT2D eigenvalue weighted by Crippen LogP contribution is -2.46. The van der Waals surface area contributed by atoms with E-state index in [1.54, 1.807) is 0 Å². The van der Waals surface area contributed by atoms with Gasteiger partial charge in [-0.2, -0.15) is 5.10 Å². The average Bonchev–Trinajstić information content (AvgIpc) is 3.22. The van der Waals surface area contributed by atoms with E-state index < -0.39 is 0 Å². The van der Waals surface area contributed by atoms with Crippen LogP contribution in [0.25, 0.3) is 5.82 Å². The molecule has 2 unspecified atom stereocenters. The van der Waals surface area contributed by atoms with E-state index >= 15 is 0 Å². The first-order chi connectivity index (χ1) is 13.9. The highest BCUT2D eigenvalue weighted by Crippen LogP contribution is 2.18. The molecule has 2 aromatic rings. The van der Waals surface area contributed by atoms with Gasteiger partial charge in [-0.1, -0.05) is 13.0 Å². The summed E-state index contributed by atoms with van der Waals surface area (Å²) in [6.45, 7) is 16.6. The minimum Gasteiger partial charge on any atom is -0.357 e. The lowest BCUT2D eigenvalue weighted by atomic mass is 10.1. The summed E-state index contributed by atoms with van der Waals surface area (Å²) < 4.78 is 1.87.